The summed E-state index contributed by atoms with van der Waals surface area (Å²) >= 11 is 0. The molecule has 3 aromatic rings. The topological polar surface area (TPSA) is 66.8 Å². The van der Waals surface area contributed by atoms with Crippen molar-refractivity contribution in [1.29, 1.82) is 0 Å². The molecule has 0 spiro atoms. The summed E-state index contributed by atoms with van der Waals surface area (Å²) in [5, 5.41) is 24.2. The van der Waals surface area contributed by atoms with Crippen molar-refractivity contribution in [1.82, 2.24) is 4.98 Å². The van der Waals surface area contributed by atoms with E-state index in [9.17, 15) is 10.4 Å². The molecule has 1 radical (unpaired) electrons. The Morgan fingerprint density at radius 3 is 2.78 bits per heavy atom. The van der Waals surface area contributed by atoms with Crippen molar-refractivity contribution in [2.45, 2.75) is 0 Å². The van der Waals surface area contributed by atoms with E-state index in [1.165, 1.54) is 6.20 Å². The molecule has 0 aliphatic carbocycles. The third-order valence-corrected chi connectivity index (χ3v) is 2.68. The highest BCUT2D eigenvalue weighted by Crippen LogP contribution is 2.17. The number of para-hydroxylation sites is 1. The average molecular weight is 238 g/mol. The summed E-state index contributed by atoms with van der Waals surface area (Å²) in [5.74, 6) is 0. The van der Waals surface area contributed by atoms with Crippen LogP contribution in [0.2, 0.25) is 0 Å². The number of hydrogen-bond acceptors (Lipinski definition) is 3. The van der Waals surface area contributed by atoms with Gasteiger partial charge in [-0.25, -0.2) is 4.73 Å². The summed E-state index contributed by atoms with van der Waals surface area (Å²) in [5.41, 5.74) is 1.31. The number of aromatic nitrogens is 3. The maximum atomic E-state index is 11.8. The van der Waals surface area contributed by atoms with Crippen LogP contribution in [0, 0.1) is 16.6 Å². The van der Waals surface area contributed by atoms with Gasteiger partial charge in [-0.2, -0.15) is 4.73 Å². The van der Waals surface area contributed by atoms with Crippen molar-refractivity contribution in [2.75, 3.05) is 0 Å². The third-order valence-electron chi connectivity index (χ3n) is 2.68. The van der Waals surface area contributed by atoms with Crippen molar-refractivity contribution >= 4 is 10.9 Å². The molecular formula is C13H8N3O2. The average Bonchev–Trinajstić information content (AvgIpc) is 2.39. The Kier molecular flexibility index (Phi) is 2.30. The highest BCUT2D eigenvalue weighted by Gasteiger charge is 2.13. The van der Waals surface area contributed by atoms with E-state index in [0.29, 0.717) is 26.2 Å². The number of benzene rings is 1. The van der Waals surface area contributed by atoms with Crippen LogP contribution >= 0.6 is 0 Å². The van der Waals surface area contributed by atoms with Gasteiger partial charge in [-0.05, 0) is 12.1 Å². The minimum Gasteiger partial charge on any atom is -0.710 e. The minimum atomic E-state index is 0.348. The smallest absolute Gasteiger partial charge is 0.302 e. The molecule has 3 rings (SSSR count). The van der Waals surface area contributed by atoms with E-state index in [1.807, 2.05) is 12.1 Å². The van der Waals surface area contributed by atoms with E-state index in [2.05, 4.69) is 11.2 Å². The molecule has 0 atom stereocenters. The Bertz CT molecular complexity index is 728. The maximum Gasteiger partial charge on any atom is 0.302 e. The van der Waals surface area contributed by atoms with Crippen LogP contribution in [-0.4, -0.2) is 4.98 Å². The Balaban J connectivity index is 2.28. The van der Waals surface area contributed by atoms with Crippen LogP contribution in [0.4, 0.5) is 0 Å². The third kappa shape index (κ3) is 1.62. The highest BCUT2D eigenvalue weighted by atomic mass is 16.5. The fourth-order valence-electron chi connectivity index (χ4n) is 1.84. The van der Waals surface area contributed by atoms with E-state index in [0.717, 1.165) is 11.7 Å². The van der Waals surface area contributed by atoms with Gasteiger partial charge in [0.2, 0.25) is 5.52 Å². The van der Waals surface area contributed by atoms with Crippen molar-refractivity contribution in [3.8, 4) is 11.3 Å². The van der Waals surface area contributed by atoms with Gasteiger partial charge in [0, 0.05) is 17.5 Å². The van der Waals surface area contributed by atoms with E-state index < -0.39 is 0 Å². The summed E-state index contributed by atoms with van der Waals surface area (Å²) < 4.78 is 1.26. The first-order valence-corrected chi connectivity index (χ1v) is 5.34. The molecule has 5 heteroatoms. The Hall–Kier alpha value is -2.69. The lowest BCUT2D eigenvalue weighted by molar-refractivity contribution is -0.599. The van der Waals surface area contributed by atoms with Gasteiger partial charge < -0.3 is 10.4 Å². The fourth-order valence-corrected chi connectivity index (χ4v) is 1.84. The second-order valence-electron chi connectivity index (χ2n) is 3.81. The molecule has 87 valence electrons. The quantitative estimate of drug-likeness (QED) is 0.468. The molecule has 0 fully saturated rings. The molecule has 0 saturated heterocycles. The zero-order chi connectivity index (χ0) is 12.5. The van der Waals surface area contributed by atoms with Gasteiger partial charge in [-0.15, -0.1) is 0 Å². The number of hydrogen-bond donors (Lipinski definition) is 0. The largest absolute Gasteiger partial charge is 0.710 e. The number of fused-ring (bicyclic) bond motifs is 1. The summed E-state index contributed by atoms with van der Waals surface area (Å²) in [7, 11) is 0. The van der Waals surface area contributed by atoms with Crippen LogP contribution in [-0.2, 0) is 0 Å². The molecule has 2 aromatic heterocycles. The molecule has 0 saturated carbocycles. The van der Waals surface area contributed by atoms with Crippen molar-refractivity contribution in [3.63, 3.8) is 0 Å². The van der Waals surface area contributed by atoms with Crippen molar-refractivity contribution < 1.29 is 9.46 Å². The molecule has 0 bridgehead atoms. The van der Waals surface area contributed by atoms with E-state index in [-0.39, 0.29) is 0 Å². The van der Waals surface area contributed by atoms with Crippen LogP contribution in [0.15, 0.2) is 48.9 Å². The van der Waals surface area contributed by atoms with Crippen LogP contribution in [0.1, 0.15) is 0 Å². The summed E-state index contributed by atoms with van der Waals surface area (Å²) in [6, 6.07) is 10.5. The summed E-state index contributed by atoms with van der Waals surface area (Å²) in [6.07, 6.45) is 5.27. The lowest BCUT2D eigenvalue weighted by Crippen LogP contribution is -2.32. The molecule has 18 heavy (non-hydrogen) atoms. The molecule has 0 unspecified atom stereocenters. The maximum absolute atomic E-state index is 11.8. The van der Waals surface area contributed by atoms with E-state index >= 15 is 0 Å². The van der Waals surface area contributed by atoms with Gasteiger partial charge in [-0.3, -0.25) is 0 Å². The van der Waals surface area contributed by atoms with Gasteiger partial charge in [0.1, 0.15) is 17.5 Å². The Morgan fingerprint density at radius 2 is 1.94 bits per heavy atom. The Morgan fingerprint density at radius 1 is 1.11 bits per heavy atom. The SMILES string of the molecule is [O-][n+]1cnccc1-c1[c][n+]([O-])c2ccccc2c1. The Labute approximate surface area is 103 Å². The van der Waals surface area contributed by atoms with Gasteiger partial charge >= 0.3 is 6.20 Å². The summed E-state index contributed by atoms with van der Waals surface area (Å²) in [4.78, 5) is 3.71. The number of rotatable bonds is 1. The molecular weight excluding hydrogens is 230 g/mol. The van der Waals surface area contributed by atoms with E-state index in [1.54, 1.807) is 24.3 Å². The molecule has 0 amide bonds. The molecule has 2 heterocycles. The highest BCUT2D eigenvalue weighted by molar-refractivity contribution is 5.79. The van der Waals surface area contributed by atoms with Gasteiger partial charge in [0.25, 0.3) is 6.33 Å². The lowest BCUT2D eigenvalue weighted by Gasteiger charge is -2.07. The summed E-state index contributed by atoms with van der Waals surface area (Å²) in [6.45, 7) is 0. The first-order valence-electron chi connectivity index (χ1n) is 5.34. The first kappa shape index (κ1) is 10.5. The minimum absolute atomic E-state index is 0.348. The zero-order valence-electron chi connectivity index (χ0n) is 9.28. The molecule has 0 aliphatic rings. The van der Waals surface area contributed by atoms with Crippen LogP contribution in [0.5, 0.6) is 0 Å². The van der Waals surface area contributed by atoms with Crippen molar-refractivity contribution in [3.05, 3.63) is 65.5 Å². The van der Waals surface area contributed by atoms with Gasteiger partial charge in [0.05, 0.1) is 0 Å². The standard InChI is InChI=1S/C13H8N3O2/c17-15-8-11(13-5-6-14-9-16(13)18)7-10-3-1-2-4-12(10)15/h1-7,9H. The van der Waals surface area contributed by atoms with Crippen LogP contribution < -0.4 is 9.46 Å². The van der Waals surface area contributed by atoms with Crippen LogP contribution in [0.3, 0.4) is 0 Å². The first-order chi connectivity index (χ1) is 8.75. The predicted octanol–water partition coefficient (Wildman–Crippen LogP) is 0.969. The van der Waals surface area contributed by atoms with Crippen LogP contribution in [0.25, 0.3) is 22.2 Å². The molecule has 1 aromatic carbocycles. The zero-order valence-corrected chi connectivity index (χ0v) is 9.28. The second-order valence-corrected chi connectivity index (χ2v) is 3.81. The second kappa shape index (κ2) is 3.96. The molecule has 0 aliphatic heterocycles. The normalized spacial score (nSPS) is 10.7. The predicted molar refractivity (Wildman–Crippen MR) is 63.9 cm³/mol. The van der Waals surface area contributed by atoms with Gasteiger partial charge in [-0.1, -0.05) is 17.1 Å². The van der Waals surface area contributed by atoms with E-state index in [4.69, 9.17) is 0 Å². The molecule has 0 N–H and O–H groups in total. The molecule has 5 nitrogen and oxygen atoms in total. The van der Waals surface area contributed by atoms with Gasteiger partial charge in [0.15, 0.2) is 0 Å². The monoisotopic (exact) mass is 238 g/mol. The lowest BCUT2D eigenvalue weighted by atomic mass is 10.1. The van der Waals surface area contributed by atoms with Crippen molar-refractivity contribution in [2.24, 2.45) is 0 Å². The number of nitrogens with zero attached hydrogens (tertiary/aromatic N) is 3. The number of pyridine rings is 1. The fraction of sp³-hybridized carbons (Fsp3) is 0.